The van der Waals surface area contributed by atoms with Crippen LogP contribution in [0.25, 0.3) is 11.0 Å². The maximum absolute atomic E-state index is 13.0. The predicted octanol–water partition coefficient (Wildman–Crippen LogP) is 3.71. The number of rotatable bonds is 8. The summed E-state index contributed by atoms with van der Waals surface area (Å²) in [4.78, 5) is 31.1. The van der Waals surface area contributed by atoms with Gasteiger partial charge < -0.3 is 24.3 Å². The van der Waals surface area contributed by atoms with E-state index >= 15 is 0 Å². The topological polar surface area (TPSA) is 85.7 Å². The van der Waals surface area contributed by atoms with Gasteiger partial charge in [-0.15, -0.1) is 0 Å². The standard InChI is InChI=1S/C21H22F2N4O4S/c1-26(2)19(29)12-9-16(30-3)17(31-4)10-14(12)24-18(28)11-27-15-8-6-5-7-13(15)25-21(27)32-20(22)23/h5-10,20H,11H2,1-4H3,(H,24,28). The number of hydrogen-bond acceptors (Lipinski definition) is 6. The number of halogens is 2. The Hall–Kier alpha value is -3.34. The fraction of sp³-hybridized carbons (Fsp3) is 0.286. The molecule has 3 aromatic rings. The van der Waals surface area contributed by atoms with Crippen molar-refractivity contribution in [3.05, 3.63) is 42.0 Å². The normalized spacial score (nSPS) is 11.0. The Morgan fingerprint density at radius 3 is 2.44 bits per heavy atom. The number of alkyl halides is 2. The molecular weight excluding hydrogens is 442 g/mol. The largest absolute Gasteiger partial charge is 0.493 e. The molecular formula is C21H22F2N4O4S. The van der Waals surface area contributed by atoms with E-state index in [9.17, 15) is 18.4 Å². The molecule has 0 unspecified atom stereocenters. The average Bonchev–Trinajstić information content (AvgIpc) is 3.08. The van der Waals surface area contributed by atoms with Gasteiger partial charge in [0.1, 0.15) is 6.54 Å². The first-order valence-corrected chi connectivity index (χ1v) is 10.3. The van der Waals surface area contributed by atoms with Gasteiger partial charge in [0.2, 0.25) is 5.91 Å². The van der Waals surface area contributed by atoms with Gasteiger partial charge >= 0.3 is 0 Å². The number of carbonyl (C=O) groups is 2. The number of anilines is 1. The monoisotopic (exact) mass is 464 g/mol. The molecule has 0 bridgehead atoms. The van der Waals surface area contributed by atoms with E-state index in [1.54, 1.807) is 38.4 Å². The quantitative estimate of drug-likeness (QED) is 0.512. The van der Waals surface area contributed by atoms with Crippen LogP contribution >= 0.6 is 11.8 Å². The van der Waals surface area contributed by atoms with Crippen LogP contribution in [0.4, 0.5) is 14.5 Å². The van der Waals surface area contributed by atoms with Gasteiger partial charge in [-0.1, -0.05) is 12.1 Å². The van der Waals surface area contributed by atoms with Crippen molar-refractivity contribution in [1.82, 2.24) is 14.5 Å². The Bertz CT molecular complexity index is 1150. The molecule has 0 saturated heterocycles. The summed E-state index contributed by atoms with van der Waals surface area (Å²) in [5.41, 5.74) is 1.44. The first-order valence-electron chi connectivity index (χ1n) is 9.42. The lowest BCUT2D eigenvalue weighted by molar-refractivity contribution is -0.116. The van der Waals surface area contributed by atoms with E-state index < -0.39 is 11.7 Å². The first kappa shape index (κ1) is 23.3. The molecule has 1 aromatic heterocycles. The van der Waals surface area contributed by atoms with E-state index in [0.29, 0.717) is 22.5 Å². The molecule has 2 aromatic carbocycles. The summed E-state index contributed by atoms with van der Waals surface area (Å²) in [6.45, 7) is -0.278. The number of fused-ring (bicyclic) bond motifs is 1. The Morgan fingerprint density at radius 2 is 1.81 bits per heavy atom. The van der Waals surface area contributed by atoms with Gasteiger partial charge in [0.05, 0.1) is 36.5 Å². The molecule has 170 valence electrons. The number of ether oxygens (including phenoxy) is 2. The number of carbonyl (C=O) groups excluding carboxylic acids is 2. The summed E-state index contributed by atoms with van der Waals surface area (Å²) in [7, 11) is 6.03. The Morgan fingerprint density at radius 1 is 1.16 bits per heavy atom. The lowest BCUT2D eigenvalue weighted by Crippen LogP contribution is -2.25. The maximum atomic E-state index is 13.0. The third-order valence-corrected chi connectivity index (χ3v) is 5.25. The summed E-state index contributed by atoms with van der Waals surface area (Å²) in [5, 5.41) is 2.71. The number of para-hydroxylation sites is 2. The zero-order chi connectivity index (χ0) is 23.4. The van der Waals surface area contributed by atoms with Crippen molar-refractivity contribution in [2.24, 2.45) is 0 Å². The highest BCUT2D eigenvalue weighted by Crippen LogP contribution is 2.34. The number of amides is 2. The molecule has 0 saturated carbocycles. The molecule has 0 atom stereocenters. The van der Waals surface area contributed by atoms with E-state index in [0.717, 1.165) is 0 Å². The van der Waals surface area contributed by atoms with E-state index in [1.165, 1.54) is 35.8 Å². The van der Waals surface area contributed by atoms with Gasteiger partial charge in [0, 0.05) is 20.2 Å². The Balaban J connectivity index is 1.97. The fourth-order valence-electron chi connectivity index (χ4n) is 3.11. The molecule has 0 radical (unpaired) electrons. The molecule has 0 fully saturated rings. The SMILES string of the molecule is COc1cc(NC(=O)Cn2c(SC(F)F)nc3ccccc32)c(C(=O)N(C)C)cc1OC. The number of methoxy groups -OCH3 is 2. The average molecular weight is 464 g/mol. The predicted molar refractivity (Wildman–Crippen MR) is 118 cm³/mol. The van der Waals surface area contributed by atoms with E-state index in [1.807, 2.05) is 0 Å². The number of imidazole rings is 1. The molecule has 0 aliphatic heterocycles. The minimum atomic E-state index is -2.69. The minimum absolute atomic E-state index is 0.0215. The third kappa shape index (κ3) is 4.93. The van der Waals surface area contributed by atoms with E-state index in [2.05, 4.69) is 10.3 Å². The van der Waals surface area contributed by atoms with Gasteiger partial charge in [-0.05, 0) is 30.0 Å². The summed E-state index contributed by atoms with van der Waals surface area (Å²) in [6.07, 6.45) is 0. The molecule has 3 rings (SSSR count). The van der Waals surface area contributed by atoms with E-state index in [-0.39, 0.29) is 40.6 Å². The Labute approximate surface area is 187 Å². The summed E-state index contributed by atoms with van der Waals surface area (Å²) in [5.74, 6) is -2.93. The molecule has 0 aliphatic carbocycles. The van der Waals surface area contributed by atoms with E-state index in [4.69, 9.17) is 9.47 Å². The number of thioether (sulfide) groups is 1. The molecule has 1 heterocycles. The fourth-order valence-corrected chi connectivity index (χ4v) is 3.71. The minimum Gasteiger partial charge on any atom is -0.493 e. The second-order valence-electron chi connectivity index (χ2n) is 6.85. The third-order valence-electron chi connectivity index (χ3n) is 4.55. The number of nitrogens with zero attached hydrogens (tertiary/aromatic N) is 3. The van der Waals surface area contributed by atoms with Crippen LogP contribution in [0.15, 0.2) is 41.6 Å². The molecule has 32 heavy (non-hydrogen) atoms. The second-order valence-corrected chi connectivity index (χ2v) is 7.81. The smallest absolute Gasteiger partial charge is 0.291 e. The number of nitrogens with one attached hydrogen (secondary N) is 1. The second kappa shape index (κ2) is 9.86. The summed E-state index contributed by atoms with van der Waals surface area (Å²) >= 11 is 0.263. The van der Waals surface area contributed by atoms with Crippen molar-refractivity contribution in [3.63, 3.8) is 0 Å². The lowest BCUT2D eigenvalue weighted by Gasteiger charge is -2.18. The maximum Gasteiger partial charge on any atom is 0.291 e. The molecule has 0 aliphatic rings. The van der Waals surface area contributed by atoms with Crippen molar-refractivity contribution in [3.8, 4) is 11.5 Å². The number of aromatic nitrogens is 2. The van der Waals surface area contributed by atoms with Gasteiger partial charge in [-0.3, -0.25) is 9.59 Å². The zero-order valence-corrected chi connectivity index (χ0v) is 18.7. The van der Waals surface area contributed by atoms with Gasteiger partial charge in [0.15, 0.2) is 16.7 Å². The molecule has 11 heteroatoms. The molecule has 2 amide bonds. The van der Waals surface area contributed by atoms with Crippen LogP contribution in [0.5, 0.6) is 11.5 Å². The van der Waals surface area contributed by atoms with Gasteiger partial charge in [0.25, 0.3) is 11.7 Å². The molecule has 8 nitrogen and oxygen atoms in total. The highest BCUT2D eigenvalue weighted by molar-refractivity contribution is 7.99. The van der Waals surface area contributed by atoms with Crippen LogP contribution in [0.1, 0.15) is 10.4 Å². The van der Waals surface area contributed by atoms with Crippen LogP contribution < -0.4 is 14.8 Å². The Kier molecular flexibility index (Phi) is 7.18. The number of hydrogen-bond donors (Lipinski definition) is 1. The van der Waals surface area contributed by atoms with Crippen molar-refractivity contribution >= 4 is 40.3 Å². The van der Waals surface area contributed by atoms with Crippen LogP contribution in [0.3, 0.4) is 0 Å². The first-order chi connectivity index (χ1) is 15.2. The summed E-state index contributed by atoms with van der Waals surface area (Å²) < 4.78 is 38.0. The van der Waals surface area contributed by atoms with Crippen LogP contribution in [-0.2, 0) is 11.3 Å². The lowest BCUT2D eigenvalue weighted by atomic mass is 10.1. The van der Waals surface area contributed by atoms with Crippen molar-refractivity contribution in [2.45, 2.75) is 17.5 Å². The highest BCUT2D eigenvalue weighted by atomic mass is 32.2. The molecule has 0 spiro atoms. The van der Waals surface area contributed by atoms with Crippen LogP contribution in [0, 0.1) is 0 Å². The summed E-state index contributed by atoms with van der Waals surface area (Å²) in [6, 6.07) is 9.80. The van der Waals surface area contributed by atoms with Gasteiger partial charge in [-0.2, -0.15) is 8.78 Å². The van der Waals surface area contributed by atoms with Crippen LogP contribution in [0.2, 0.25) is 0 Å². The number of benzene rings is 2. The zero-order valence-electron chi connectivity index (χ0n) is 17.9. The van der Waals surface area contributed by atoms with Crippen molar-refractivity contribution in [1.29, 1.82) is 0 Å². The highest BCUT2D eigenvalue weighted by Gasteiger charge is 2.22. The van der Waals surface area contributed by atoms with Crippen molar-refractivity contribution < 1.29 is 27.8 Å². The van der Waals surface area contributed by atoms with Crippen molar-refractivity contribution in [2.75, 3.05) is 33.6 Å². The van der Waals surface area contributed by atoms with Gasteiger partial charge in [-0.25, -0.2) is 4.98 Å². The molecule has 1 N–H and O–H groups in total. The van der Waals surface area contributed by atoms with Crippen LogP contribution in [-0.4, -0.2) is 60.3 Å².